The molecule has 1 aromatic carbocycles. The van der Waals surface area contributed by atoms with Gasteiger partial charge in [0.15, 0.2) is 0 Å². The molecule has 0 aliphatic heterocycles. The fraction of sp³-hybridized carbons (Fsp3) is 0.278. The third-order valence-electron chi connectivity index (χ3n) is 4.48. The Morgan fingerprint density at radius 3 is 2.76 bits per heavy atom. The molecule has 1 amide bonds. The molecule has 21 heavy (non-hydrogen) atoms. The summed E-state index contributed by atoms with van der Waals surface area (Å²) in [4.78, 5) is 12.8. The monoisotopic (exact) mass is 297 g/mol. The van der Waals surface area contributed by atoms with Crippen LogP contribution in [-0.2, 0) is 11.2 Å². The predicted molar refractivity (Wildman–Crippen MR) is 87.5 cm³/mol. The molecule has 1 aliphatic rings. The zero-order valence-corrected chi connectivity index (χ0v) is 13.0. The second-order valence-corrected chi connectivity index (χ2v) is 6.74. The number of carbonyl (C=O) groups excluding carboxylic acids is 1. The first-order chi connectivity index (χ1) is 10.1. The van der Waals surface area contributed by atoms with Gasteiger partial charge in [0.25, 0.3) is 0 Å². The van der Waals surface area contributed by atoms with Gasteiger partial charge >= 0.3 is 0 Å². The molecule has 2 nitrogen and oxygen atoms in total. The van der Waals surface area contributed by atoms with Crippen molar-refractivity contribution in [2.75, 3.05) is 0 Å². The Morgan fingerprint density at radius 2 is 2.05 bits per heavy atom. The number of benzene rings is 1. The smallest absolute Gasteiger partial charge is 0.244 e. The molecule has 108 valence electrons. The molecule has 2 unspecified atom stereocenters. The highest BCUT2D eigenvalue weighted by Crippen LogP contribution is 2.44. The summed E-state index contributed by atoms with van der Waals surface area (Å²) >= 11 is 1.77. The van der Waals surface area contributed by atoms with E-state index in [0.29, 0.717) is 11.5 Å². The molecule has 1 heterocycles. The Hall–Kier alpha value is -1.87. The second-order valence-electron chi connectivity index (χ2n) is 5.73. The Balaban J connectivity index is 2.02. The molecule has 2 N–H and O–H groups in total. The number of hydrogen-bond acceptors (Lipinski definition) is 2. The van der Waals surface area contributed by atoms with Gasteiger partial charge < -0.3 is 5.73 Å². The number of thiophene rings is 1. The van der Waals surface area contributed by atoms with Gasteiger partial charge in [-0.25, -0.2) is 0 Å². The molecule has 2 atom stereocenters. The topological polar surface area (TPSA) is 43.1 Å². The number of fused-ring (bicyclic) bond motifs is 1. The number of carbonyl (C=O) groups is 1. The number of aryl methyl sites for hydroxylation is 1. The van der Waals surface area contributed by atoms with Crippen LogP contribution in [0.5, 0.6) is 0 Å². The third kappa shape index (κ3) is 2.54. The Morgan fingerprint density at radius 1 is 1.29 bits per heavy atom. The van der Waals surface area contributed by atoms with E-state index in [4.69, 9.17) is 5.73 Å². The summed E-state index contributed by atoms with van der Waals surface area (Å²) in [5.41, 5.74) is 10.1. The Bertz CT molecular complexity index is 701. The molecule has 0 radical (unpaired) electrons. The van der Waals surface area contributed by atoms with Crippen LogP contribution in [0.25, 0.3) is 0 Å². The lowest BCUT2D eigenvalue weighted by molar-refractivity contribution is -0.115. The molecule has 2 aromatic rings. The van der Waals surface area contributed by atoms with Crippen LogP contribution in [0.15, 0.2) is 47.9 Å². The first kappa shape index (κ1) is 14.1. The van der Waals surface area contributed by atoms with Gasteiger partial charge in [0, 0.05) is 16.4 Å². The van der Waals surface area contributed by atoms with Crippen LogP contribution in [0.1, 0.15) is 33.9 Å². The van der Waals surface area contributed by atoms with Crippen molar-refractivity contribution in [3.05, 3.63) is 69.4 Å². The highest BCUT2D eigenvalue weighted by atomic mass is 32.1. The highest BCUT2D eigenvalue weighted by Gasteiger charge is 2.32. The van der Waals surface area contributed by atoms with Gasteiger partial charge in [-0.3, -0.25) is 4.79 Å². The molecule has 0 fully saturated rings. The van der Waals surface area contributed by atoms with Gasteiger partial charge in [-0.15, -0.1) is 11.3 Å². The predicted octanol–water partition coefficient (Wildman–Crippen LogP) is 3.79. The first-order valence-corrected chi connectivity index (χ1v) is 8.06. The fourth-order valence-corrected chi connectivity index (χ4v) is 4.31. The lowest BCUT2D eigenvalue weighted by atomic mass is 9.74. The van der Waals surface area contributed by atoms with Gasteiger partial charge in [0.05, 0.1) is 0 Å². The van der Waals surface area contributed by atoms with E-state index in [1.54, 1.807) is 11.3 Å². The molecule has 3 heteroatoms. The SMILES string of the molecule is C=C(C(N)=O)C1Cc2sccc2C(c2ccccc2C)C1. The summed E-state index contributed by atoms with van der Waals surface area (Å²) in [6.45, 7) is 6.06. The summed E-state index contributed by atoms with van der Waals surface area (Å²) in [6.07, 6.45) is 1.80. The quantitative estimate of drug-likeness (QED) is 0.861. The standard InChI is InChI=1S/C18H19NOS/c1-11-5-3-4-6-14(11)16-9-13(12(2)18(19)20)10-17-15(16)7-8-21-17/h3-8,13,16H,2,9-10H2,1H3,(H2,19,20). The Kier molecular flexibility index (Phi) is 3.68. The van der Waals surface area contributed by atoms with Gasteiger partial charge in [0.1, 0.15) is 0 Å². The van der Waals surface area contributed by atoms with Crippen molar-refractivity contribution in [3.8, 4) is 0 Å². The molecular weight excluding hydrogens is 278 g/mol. The fourth-order valence-electron chi connectivity index (χ4n) is 3.28. The summed E-state index contributed by atoms with van der Waals surface area (Å²) in [7, 11) is 0. The highest BCUT2D eigenvalue weighted by molar-refractivity contribution is 7.10. The van der Waals surface area contributed by atoms with Gasteiger partial charge in [0.2, 0.25) is 5.91 Å². The van der Waals surface area contributed by atoms with Gasteiger partial charge in [-0.05, 0) is 53.8 Å². The Labute approximate surface area is 129 Å². The van der Waals surface area contributed by atoms with E-state index in [-0.39, 0.29) is 11.8 Å². The second kappa shape index (κ2) is 5.49. The van der Waals surface area contributed by atoms with E-state index >= 15 is 0 Å². The molecule has 1 aliphatic carbocycles. The maximum Gasteiger partial charge on any atom is 0.244 e. The van der Waals surface area contributed by atoms with Crippen molar-refractivity contribution in [1.82, 2.24) is 0 Å². The number of amides is 1. The molecule has 0 saturated heterocycles. The van der Waals surface area contributed by atoms with Gasteiger partial charge in [-0.2, -0.15) is 0 Å². The average molecular weight is 297 g/mol. The number of primary amides is 1. The van der Waals surface area contributed by atoms with E-state index in [1.807, 2.05) is 0 Å². The van der Waals surface area contributed by atoms with Crippen LogP contribution >= 0.6 is 11.3 Å². The van der Waals surface area contributed by atoms with E-state index in [0.717, 1.165) is 12.8 Å². The van der Waals surface area contributed by atoms with Crippen LogP contribution in [0.3, 0.4) is 0 Å². The first-order valence-electron chi connectivity index (χ1n) is 7.18. The molecule has 1 aromatic heterocycles. The summed E-state index contributed by atoms with van der Waals surface area (Å²) in [5.74, 6) is 0.115. The minimum Gasteiger partial charge on any atom is -0.366 e. The number of rotatable bonds is 3. The number of nitrogens with two attached hydrogens (primary N) is 1. The minimum absolute atomic E-state index is 0.151. The molecule has 3 rings (SSSR count). The van der Waals surface area contributed by atoms with Crippen molar-refractivity contribution >= 4 is 17.2 Å². The normalized spacial score (nSPS) is 20.8. The molecular formula is C18H19NOS. The van der Waals surface area contributed by atoms with E-state index in [1.165, 1.54) is 21.6 Å². The zero-order chi connectivity index (χ0) is 15.0. The van der Waals surface area contributed by atoms with Crippen LogP contribution in [0, 0.1) is 12.8 Å². The average Bonchev–Trinajstić information content (AvgIpc) is 2.94. The van der Waals surface area contributed by atoms with Crippen LogP contribution < -0.4 is 5.73 Å². The number of hydrogen-bond donors (Lipinski definition) is 1. The summed E-state index contributed by atoms with van der Waals surface area (Å²) < 4.78 is 0. The minimum atomic E-state index is -0.372. The van der Waals surface area contributed by atoms with Crippen molar-refractivity contribution in [3.63, 3.8) is 0 Å². The molecule has 0 saturated carbocycles. The van der Waals surface area contributed by atoms with Crippen LogP contribution in [-0.4, -0.2) is 5.91 Å². The van der Waals surface area contributed by atoms with Crippen molar-refractivity contribution in [2.24, 2.45) is 11.7 Å². The van der Waals surface area contributed by atoms with Gasteiger partial charge in [-0.1, -0.05) is 30.8 Å². The lowest BCUT2D eigenvalue weighted by Gasteiger charge is -2.31. The maximum absolute atomic E-state index is 11.5. The van der Waals surface area contributed by atoms with Crippen molar-refractivity contribution < 1.29 is 4.79 Å². The van der Waals surface area contributed by atoms with Crippen molar-refractivity contribution in [2.45, 2.75) is 25.7 Å². The van der Waals surface area contributed by atoms with Crippen LogP contribution in [0.4, 0.5) is 0 Å². The molecule has 0 spiro atoms. The third-order valence-corrected chi connectivity index (χ3v) is 5.44. The lowest BCUT2D eigenvalue weighted by Crippen LogP contribution is -2.26. The van der Waals surface area contributed by atoms with Crippen molar-refractivity contribution in [1.29, 1.82) is 0 Å². The summed E-state index contributed by atoms with van der Waals surface area (Å²) in [5, 5.41) is 2.14. The van der Waals surface area contributed by atoms with E-state index in [9.17, 15) is 4.79 Å². The summed E-state index contributed by atoms with van der Waals surface area (Å²) in [6, 6.07) is 10.7. The largest absolute Gasteiger partial charge is 0.366 e. The van der Waals surface area contributed by atoms with Crippen LogP contribution in [0.2, 0.25) is 0 Å². The molecule has 0 bridgehead atoms. The maximum atomic E-state index is 11.5. The van der Waals surface area contributed by atoms with E-state index in [2.05, 4.69) is 49.2 Å². The van der Waals surface area contributed by atoms with E-state index < -0.39 is 0 Å². The zero-order valence-electron chi connectivity index (χ0n) is 12.1.